The number of hydrogen-bond donors (Lipinski definition) is 0. The van der Waals surface area contributed by atoms with Gasteiger partial charge in [-0.05, 0) is 85.6 Å². The number of benzene rings is 2. The molecule has 0 aromatic heterocycles. The second-order valence-corrected chi connectivity index (χ2v) is 8.02. The summed E-state index contributed by atoms with van der Waals surface area (Å²) in [6.07, 6.45) is 3.90. The first-order valence-corrected chi connectivity index (χ1v) is 10.3. The zero-order valence-corrected chi connectivity index (χ0v) is 16.6. The quantitative estimate of drug-likeness (QED) is 0.437. The van der Waals surface area contributed by atoms with Crippen molar-refractivity contribution >= 4 is 0 Å². The van der Waals surface area contributed by atoms with E-state index in [2.05, 4.69) is 19.6 Å². The highest BCUT2D eigenvalue weighted by Crippen LogP contribution is 2.41. The Morgan fingerprint density at radius 1 is 0.964 bits per heavy atom. The van der Waals surface area contributed by atoms with Crippen molar-refractivity contribution in [2.45, 2.75) is 64.0 Å². The standard InChI is InChI=1S/C25H29F3/c1-3-18(2)8-9-19-10-12-20(13-11-19)23-6-4-5-7-24(23)21-14-16-22(17-15-21)25(26,27)28/h4-7,14-17,19-20H,2-3,8-13H2,1H3. The Hall–Kier alpha value is -2.03. The number of hydrogen-bond acceptors (Lipinski definition) is 0. The minimum absolute atomic E-state index is 0.490. The van der Waals surface area contributed by atoms with Gasteiger partial charge in [0, 0.05) is 0 Å². The van der Waals surface area contributed by atoms with Crippen molar-refractivity contribution in [2.24, 2.45) is 5.92 Å². The smallest absolute Gasteiger partial charge is 0.166 e. The highest BCUT2D eigenvalue weighted by molar-refractivity contribution is 5.68. The van der Waals surface area contributed by atoms with Gasteiger partial charge in [-0.25, -0.2) is 0 Å². The second kappa shape index (κ2) is 8.98. The van der Waals surface area contributed by atoms with Gasteiger partial charge in [0.05, 0.1) is 5.56 Å². The molecule has 2 aromatic carbocycles. The third kappa shape index (κ3) is 5.06. The molecule has 1 aliphatic rings. The first-order valence-electron chi connectivity index (χ1n) is 10.3. The Morgan fingerprint density at radius 2 is 1.61 bits per heavy atom. The molecule has 3 heteroatoms. The minimum atomic E-state index is -4.29. The summed E-state index contributed by atoms with van der Waals surface area (Å²) in [6, 6.07) is 13.8. The van der Waals surface area contributed by atoms with Crippen LogP contribution >= 0.6 is 0 Å². The van der Waals surface area contributed by atoms with Crippen LogP contribution in [0.25, 0.3) is 11.1 Å². The average Bonchev–Trinajstić information content (AvgIpc) is 2.72. The predicted molar refractivity (Wildman–Crippen MR) is 110 cm³/mol. The highest BCUT2D eigenvalue weighted by atomic mass is 19.4. The van der Waals surface area contributed by atoms with Gasteiger partial charge in [0.2, 0.25) is 0 Å². The molecule has 0 aliphatic heterocycles. The summed E-state index contributed by atoms with van der Waals surface area (Å²) in [5.41, 5.74) is 3.96. The van der Waals surface area contributed by atoms with Crippen LogP contribution in [0.4, 0.5) is 13.2 Å². The Kier molecular flexibility index (Phi) is 6.64. The maximum Gasteiger partial charge on any atom is 0.416 e. The van der Waals surface area contributed by atoms with Crippen LogP contribution in [0.3, 0.4) is 0 Å². The van der Waals surface area contributed by atoms with Crippen LogP contribution in [-0.4, -0.2) is 0 Å². The van der Waals surface area contributed by atoms with Gasteiger partial charge in [-0.1, -0.05) is 55.5 Å². The second-order valence-electron chi connectivity index (χ2n) is 8.02. The summed E-state index contributed by atoms with van der Waals surface area (Å²) in [5, 5.41) is 0. The third-order valence-electron chi connectivity index (χ3n) is 6.18. The van der Waals surface area contributed by atoms with Crippen LogP contribution in [0.1, 0.15) is 68.9 Å². The molecule has 0 bridgehead atoms. The van der Waals surface area contributed by atoms with E-state index in [1.54, 1.807) is 12.1 Å². The monoisotopic (exact) mass is 386 g/mol. The molecule has 1 aliphatic carbocycles. The molecule has 1 saturated carbocycles. The van der Waals surface area contributed by atoms with Crippen molar-refractivity contribution in [3.8, 4) is 11.1 Å². The molecule has 0 amide bonds. The lowest BCUT2D eigenvalue weighted by Crippen LogP contribution is -2.14. The summed E-state index contributed by atoms with van der Waals surface area (Å²) >= 11 is 0. The van der Waals surface area contributed by atoms with Crippen molar-refractivity contribution in [2.75, 3.05) is 0 Å². The van der Waals surface area contributed by atoms with Crippen LogP contribution in [0.15, 0.2) is 60.7 Å². The number of rotatable bonds is 6. The molecule has 0 unspecified atom stereocenters. The Bertz CT molecular complexity index is 778. The fourth-order valence-corrected chi connectivity index (χ4v) is 4.30. The van der Waals surface area contributed by atoms with Gasteiger partial charge < -0.3 is 0 Å². The molecule has 150 valence electrons. The largest absolute Gasteiger partial charge is 0.416 e. The lowest BCUT2D eigenvalue weighted by atomic mass is 9.75. The molecular formula is C25H29F3. The van der Waals surface area contributed by atoms with Gasteiger partial charge in [-0.3, -0.25) is 0 Å². The van der Waals surface area contributed by atoms with E-state index in [4.69, 9.17) is 0 Å². The van der Waals surface area contributed by atoms with Crippen LogP contribution in [0.5, 0.6) is 0 Å². The molecule has 0 atom stereocenters. The molecule has 0 N–H and O–H groups in total. The number of halogens is 3. The van der Waals surface area contributed by atoms with Crippen LogP contribution < -0.4 is 0 Å². The lowest BCUT2D eigenvalue weighted by Gasteiger charge is -2.30. The zero-order valence-electron chi connectivity index (χ0n) is 16.6. The third-order valence-corrected chi connectivity index (χ3v) is 6.18. The molecular weight excluding hydrogens is 357 g/mol. The minimum Gasteiger partial charge on any atom is -0.166 e. The molecule has 0 saturated heterocycles. The summed E-state index contributed by atoms with van der Waals surface area (Å²) in [7, 11) is 0. The molecule has 0 spiro atoms. The first kappa shape index (κ1) is 20.7. The van der Waals surface area contributed by atoms with Crippen molar-refractivity contribution in [3.63, 3.8) is 0 Å². The summed E-state index contributed by atoms with van der Waals surface area (Å²) < 4.78 is 38.6. The van der Waals surface area contributed by atoms with Gasteiger partial charge in [0.1, 0.15) is 0 Å². The van der Waals surface area contributed by atoms with Crippen molar-refractivity contribution < 1.29 is 13.2 Å². The van der Waals surface area contributed by atoms with Gasteiger partial charge in [0.15, 0.2) is 0 Å². The van der Waals surface area contributed by atoms with Gasteiger partial charge in [0.25, 0.3) is 0 Å². The highest BCUT2D eigenvalue weighted by Gasteiger charge is 2.30. The Labute approximate surface area is 166 Å². The Morgan fingerprint density at radius 3 is 2.21 bits per heavy atom. The fraction of sp³-hybridized carbons (Fsp3) is 0.440. The molecule has 0 heterocycles. The predicted octanol–water partition coefficient (Wildman–Crippen LogP) is 8.39. The van der Waals surface area contributed by atoms with Crippen LogP contribution in [-0.2, 0) is 6.18 Å². The SMILES string of the molecule is C=C(CC)CCC1CCC(c2ccccc2-c2ccc(C(F)(F)F)cc2)CC1. The van der Waals surface area contributed by atoms with E-state index in [-0.39, 0.29) is 0 Å². The number of allylic oxidation sites excluding steroid dienone is 1. The van der Waals surface area contributed by atoms with E-state index in [0.29, 0.717) is 5.92 Å². The molecule has 2 aromatic rings. The van der Waals surface area contributed by atoms with Gasteiger partial charge in [-0.2, -0.15) is 13.2 Å². The van der Waals surface area contributed by atoms with E-state index in [1.165, 1.54) is 42.5 Å². The van der Waals surface area contributed by atoms with E-state index in [1.807, 2.05) is 18.2 Å². The summed E-state index contributed by atoms with van der Waals surface area (Å²) in [4.78, 5) is 0. The summed E-state index contributed by atoms with van der Waals surface area (Å²) in [5.74, 6) is 1.27. The zero-order chi connectivity index (χ0) is 20.1. The maximum absolute atomic E-state index is 12.9. The van der Waals surface area contributed by atoms with Crippen molar-refractivity contribution in [1.29, 1.82) is 0 Å². The van der Waals surface area contributed by atoms with Crippen molar-refractivity contribution in [3.05, 3.63) is 71.8 Å². The lowest BCUT2D eigenvalue weighted by molar-refractivity contribution is -0.137. The van der Waals surface area contributed by atoms with Gasteiger partial charge in [-0.15, -0.1) is 0 Å². The Balaban J connectivity index is 1.71. The van der Waals surface area contributed by atoms with Gasteiger partial charge >= 0.3 is 6.18 Å². The van der Waals surface area contributed by atoms with Crippen LogP contribution in [0, 0.1) is 5.92 Å². The normalized spacial score (nSPS) is 20.1. The van der Waals surface area contributed by atoms with Crippen molar-refractivity contribution in [1.82, 2.24) is 0 Å². The molecule has 0 radical (unpaired) electrons. The molecule has 1 fully saturated rings. The molecule has 28 heavy (non-hydrogen) atoms. The fourth-order valence-electron chi connectivity index (χ4n) is 4.30. The summed E-state index contributed by atoms with van der Waals surface area (Å²) in [6.45, 7) is 6.28. The van der Waals surface area contributed by atoms with Crippen LogP contribution in [0.2, 0.25) is 0 Å². The van der Waals surface area contributed by atoms with E-state index >= 15 is 0 Å². The van der Waals surface area contributed by atoms with E-state index in [0.717, 1.165) is 42.7 Å². The first-order chi connectivity index (χ1) is 13.4. The van der Waals surface area contributed by atoms with E-state index in [9.17, 15) is 13.2 Å². The number of alkyl halides is 3. The maximum atomic E-state index is 12.9. The molecule has 3 rings (SSSR count). The topological polar surface area (TPSA) is 0 Å². The molecule has 0 nitrogen and oxygen atoms in total. The van der Waals surface area contributed by atoms with E-state index < -0.39 is 11.7 Å². The average molecular weight is 387 g/mol.